The minimum absolute atomic E-state index is 0.101. The summed E-state index contributed by atoms with van der Waals surface area (Å²) in [5.74, 6) is 0.474. The highest BCUT2D eigenvalue weighted by Gasteiger charge is 2.15. The number of aromatic nitrogens is 1. The van der Waals surface area contributed by atoms with E-state index >= 15 is 0 Å². The average molecular weight is 270 g/mol. The second-order valence-electron chi connectivity index (χ2n) is 4.23. The van der Waals surface area contributed by atoms with Gasteiger partial charge >= 0.3 is 0 Å². The third-order valence-corrected chi connectivity index (χ3v) is 4.05. The first kappa shape index (κ1) is 13.3. The Labute approximate surface area is 107 Å². The van der Waals surface area contributed by atoms with Crippen LogP contribution in [-0.2, 0) is 10.0 Å². The number of rotatable bonds is 5. The van der Waals surface area contributed by atoms with Gasteiger partial charge in [-0.25, -0.2) is 13.4 Å². The molecule has 0 saturated carbocycles. The van der Waals surface area contributed by atoms with Crippen LogP contribution >= 0.6 is 0 Å². The third-order valence-electron chi connectivity index (χ3n) is 2.81. The van der Waals surface area contributed by atoms with Crippen molar-refractivity contribution in [1.82, 2.24) is 15.2 Å². The number of piperazine rings is 1. The van der Waals surface area contributed by atoms with Crippen LogP contribution in [0.25, 0.3) is 0 Å². The van der Waals surface area contributed by atoms with Crippen molar-refractivity contribution in [2.45, 2.75) is 0 Å². The van der Waals surface area contributed by atoms with Gasteiger partial charge in [0.2, 0.25) is 10.0 Å². The SMILES string of the molecule is O=S(=O)(CCN1CCNCC1)Nc1ccccn1. The molecule has 18 heavy (non-hydrogen) atoms. The number of hydrogen-bond acceptors (Lipinski definition) is 5. The van der Waals surface area contributed by atoms with Gasteiger partial charge < -0.3 is 5.32 Å². The molecule has 1 saturated heterocycles. The molecule has 6 nitrogen and oxygen atoms in total. The molecule has 0 unspecified atom stereocenters. The van der Waals surface area contributed by atoms with Gasteiger partial charge in [-0.2, -0.15) is 0 Å². The minimum atomic E-state index is -3.31. The fourth-order valence-corrected chi connectivity index (χ4v) is 2.86. The molecule has 0 bridgehead atoms. The Bertz CT molecular complexity index is 457. The molecule has 2 rings (SSSR count). The number of pyridine rings is 1. The topological polar surface area (TPSA) is 74.3 Å². The Morgan fingerprint density at radius 3 is 2.78 bits per heavy atom. The van der Waals surface area contributed by atoms with E-state index in [0.717, 1.165) is 26.2 Å². The van der Waals surface area contributed by atoms with Crippen LogP contribution in [0.1, 0.15) is 0 Å². The van der Waals surface area contributed by atoms with Gasteiger partial charge in [-0.15, -0.1) is 0 Å². The maximum atomic E-state index is 11.8. The van der Waals surface area contributed by atoms with Crippen molar-refractivity contribution in [2.24, 2.45) is 0 Å². The van der Waals surface area contributed by atoms with Crippen molar-refractivity contribution >= 4 is 15.8 Å². The molecular formula is C11H18N4O2S. The zero-order valence-corrected chi connectivity index (χ0v) is 11.0. The summed E-state index contributed by atoms with van der Waals surface area (Å²) in [6, 6.07) is 5.14. The van der Waals surface area contributed by atoms with Crippen LogP contribution in [0, 0.1) is 0 Å². The molecule has 0 amide bonds. The van der Waals surface area contributed by atoms with Crippen LogP contribution in [0.5, 0.6) is 0 Å². The van der Waals surface area contributed by atoms with Crippen molar-refractivity contribution in [3.63, 3.8) is 0 Å². The molecule has 1 aliphatic heterocycles. The van der Waals surface area contributed by atoms with Crippen molar-refractivity contribution < 1.29 is 8.42 Å². The number of nitrogens with one attached hydrogen (secondary N) is 2. The van der Waals surface area contributed by atoms with Crippen molar-refractivity contribution in [3.8, 4) is 0 Å². The summed E-state index contributed by atoms with van der Waals surface area (Å²) in [6.07, 6.45) is 1.56. The van der Waals surface area contributed by atoms with E-state index in [4.69, 9.17) is 0 Å². The molecule has 0 spiro atoms. The fraction of sp³-hybridized carbons (Fsp3) is 0.545. The Kier molecular flexibility index (Phi) is 4.51. The molecular weight excluding hydrogens is 252 g/mol. The summed E-state index contributed by atoms with van der Waals surface area (Å²) in [4.78, 5) is 6.09. The van der Waals surface area contributed by atoms with Crippen LogP contribution in [0.4, 0.5) is 5.82 Å². The Balaban J connectivity index is 1.83. The van der Waals surface area contributed by atoms with E-state index in [2.05, 4.69) is 19.9 Å². The summed E-state index contributed by atoms with van der Waals surface area (Å²) in [5.41, 5.74) is 0. The van der Waals surface area contributed by atoms with Crippen molar-refractivity contribution in [2.75, 3.05) is 43.2 Å². The van der Waals surface area contributed by atoms with Crippen LogP contribution in [-0.4, -0.2) is 56.8 Å². The third kappa shape index (κ3) is 4.25. The lowest BCUT2D eigenvalue weighted by Gasteiger charge is -2.26. The smallest absolute Gasteiger partial charge is 0.235 e. The maximum Gasteiger partial charge on any atom is 0.235 e. The molecule has 1 fully saturated rings. The maximum absolute atomic E-state index is 11.8. The lowest BCUT2D eigenvalue weighted by Crippen LogP contribution is -2.45. The highest BCUT2D eigenvalue weighted by Crippen LogP contribution is 2.04. The highest BCUT2D eigenvalue weighted by atomic mass is 32.2. The first-order valence-corrected chi connectivity index (χ1v) is 7.65. The summed E-state index contributed by atoms with van der Waals surface area (Å²) in [7, 11) is -3.31. The first-order chi connectivity index (χ1) is 8.66. The van der Waals surface area contributed by atoms with Crippen LogP contribution in [0.3, 0.4) is 0 Å². The van der Waals surface area contributed by atoms with E-state index in [-0.39, 0.29) is 5.75 Å². The number of nitrogens with zero attached hydrogens (tertiary/aromatic N) is 2. The Hall–Kier alpha value is -1.18. The van der Waals surface area contributed by atoms with Gasteiger partial charge in [0.15, 0.2) is 0 Å². The van der Waals surface area contributed by atoms with Gasteiger partial charge in [-0.3, -0.25) is 9.62 Å². The lowest BCUT2D eigenvalue weighted by molar-refractivity contribution is 0.254. The van der Waals surface area contributed by atoms with E-state index in [0.29, 0.717) is 12.4 Å². The Morgan fingerprint density at radius 1 is 1.33 bits per heavy atom. The van der Waals surface area contributed by atoms with Crippen molar-refractivity contribution in [1.29, 1.82) is 0 Å². The summed E-state index contributed by atoms with van der Waals surface area (Å²) in [5, 5.41) is 3.23. The predicted octanol–water partition coefficient (Wildman–Crippen LogP) is -0.271. The average Bonchev–Trinajstić information content (AvgIpc) is 2.38. The standard InChI is InChI=1S/C11H18N4O2S/c16-18(17,14-11-3-1-2-4-13-11)10-9-15-7-5-12-6-8-15/h1-4,12H,5-10H2,(H,13,14). The minimum Gasteiger partial charge on any atom is -0.314 e. The van der Waals surface area contributed by atoms with E-state index in [1.54, 1.807) is 24.4 Å². The van der Waals surface area contributed by atoms with Gasteiger partial charge in [0.1, 0.15) is 5.82 Å². The molecule has 7 heteroatoms. The van der Waals surface area contributed by atoms with Crippen LogP contribution in [0.15, 0.2) is 24.4 Å². The first-order valence-electron chi connectivity index (χ1n) is 6.00. The molecule has 100 valence electrons. The summed E-state index contributed by atoms with van der Waals surface area (Å²) in [6.45, 7) is 4.21. The molecule has 0 radical (unpaired) electrons. The predicted molar refractivity (Wildman–Crippen MR) is 71.0 cm³/mol. The fourth-order valence-electron chi connectivity index (χ4n) is 1.82. The zero-order valence-electron chi connectivity index (χ0n) is 10.2. The van der Waals surface area contributed by atoms with E-state index in [9.17, 15) is 8.42 Å². The quantitative estimate of drug-likeness (QED) is 0.770. The largest absolute Gasteiger partial charge is 0.314 e. The molecule has 0 aliphatic carbocycles. The van der Waals surface area contributed by atoms with Crippen LogP contribution in [0.2, 0.25) is 0 Å². The van der Waals surface area contributed by atoms with E-state index in [1.165, 1.54) is 0 Å². The molecule has 1 aromatic rings. The summed E-state index contributed by atoms with van der Waals surface area (Å²) < 4.78 is 26.2. The molecule has 1 aliphatic rings. The van der Waals surface area contributed by atoms with Gasteiger partial charge in [0.25, 0.3) is 0 Å². The Morgan fingerprint density at radius 2 is 2.11 bits per heavy atom. The van der Waals surface area contributed by atoms with Crippen LogP contribution < -0.4 is 10.0 Å². The zero-order chi connectivity index (χ0) is 12.8. The normalized spacial score (nSPS) is 17.6. The second kappa shape index (κ2) is 6.12. The van der Waals surface area contributed by atoms with Gasteiger partial charge in [-0.1, -0.05) is 6.07 Å². The number of anilines is 1. The molecule has 0 aromatic carbocycles. The molecule has 2 heterocycles. The molecule has 2 N–H and O–H groups in total. The van der Waals surface area contributed by atoms with Gasteiger partial charge in [0.05, 0.1) is 5.75 Å². The van der Waals surface area contributed by atoms with E-state index < -0.39 is 10.0 Å². The van der Waals surface area contributed by atoms with Gasteiger partial charge in [0, 0.05) is 38.9 Å². The second-order valence-corrected chi connectivity index (χ2v) is 6.07. The number of sulfonamides is 1. The lowest BCUT2D eigenvalue weighted by atomic mass is 10.4. The van der Waals surface area contributed by atoms with Crippen molar-refractivity contribution in [3.05, 3.63) is 24.4 Å². The van der Waals surface area contributed by atoms with Gasteiger partial charge in [-0.05, 0) is 12.1 Å². The molecule has 0 atom stereocenters. The summed E-state index contributed by atoms with van der Waals surface area (Å²) >= 11 is 0. The number of hydrogen-bond donors (Lipinski definition) is 2. The highest BCUT2D eigenvalue weighted by molar-refractivity contribution is 7.92. The molecule has 1 aromatic heterocycles. The monoisotopic (exact) mass is 270 g/mol. The van der Waals surface area contributed by atoms with E-state index in [1.807, 2.05) is 0 Å².